The summed E-state index contributed by atoms with van der Waals surface area (Å²) >= 11 is 1.36. The molecule has 53 heavy (non-hydrogen) atoms. The van der Waals surface area contributed by atoms with Crippen molar-refractivity contribution in [3.05, 3.63) is 217 Å². The summed E-state index contributed by atoms with van der Waals surface area (Å²) in [5.41, 5.74) is 6.66. The van der Waals surface area contributed by atoms with Gasteiger partial charge in [0.15, 0.2) is 0 Å². The summed E-state index contributed by atoms with van der Waals surface area (Å²) in [6.07, 6.45) is 0. The minimum Gasteiger partial charge on any atom is -0.184 e. The average Bonchev–Trinajstić information content (AvgIpc) is 3.79. The van der Waals surface area contributed by atoms with E-state index in [-0.39, 0.29) is 0 Å². The summed E-state index contributed by atoms with van der Waals surface area (Å²) in [4.78, 5) is 0. The van der Waals surface area contributed by atoms with Crippen LogP contribution in [0.2, 0.25) is 0 Å². The van der Waals surface area contributed by atoms with Crippen LogP contribution < -0.4 is 0 Å². The van der Waals surface area contributed by atoms with Gasteiger partial charge in [0, 0.05) is 0 Å². The van der Waals surface area contributed by atoms with E-state index in [0.29, 0.717) is 0 Å². The van der Waals surface area contributed by atoms with Crippen molar-refractivity contribution in [3.8, 4) is 11.1 Å². The normalized spacial score (nSPS) is 10.3. The number of rotatable bonds is 1. The zero-order valence-corrected chi connectivity index (χ0v) is 33.9. The third-order valence-electron chi connectivity index (χ3n) is 9.29. The molecule has 0 spiro atoms. The van der Waals surface area contributed by atoms with Gasteiger partial charge in [0.25, 0.3) is 0 Å². The molecule has 0 N–H and O–H groups in total. The van der Waals surface area contributed by atoms with E-state index in [1.807, 2.05) is 60.7 Å². The Morgan fingerprint density at radius 2 is 1.00 bits per heavy atom. The van der Waals surface area contributed by atoms with Gasteiger partial charge in [-0.2, -0.15) is 84.4 Å². The Kier molecular flexibility index (Phi) is 13.2. The summed E-state index contributed by atoms with van der Waals surface area (Å²) in [6.45, 7) is 9.55. The van der Waals surface area contributed by atoms with Gasteiger partial charge in [0.2, 0.25) is 0 Å². The predicted octanol–water partition coefficient (Wildman–Crippen LogP) is 13.8. The van der Waals surface area contributed by atoms with Crippen LogP contribution in [0.5, 0.6) is 0 Å². The molecule has 10 rings (SSSR count). The maximum Gasteiger partial charge on any atom is -0.171 e. The van der Waals surface area contributed by atoms with Crippen molar-refractivity contribution in [2.45, 2.75) is 20.8 Å². The van der Waals surface area contributed by atoms with Crippen molar-refractivity contribution in [2.24, 2.45) is 0 Å². The summed E-state index contributed by atoms with van der Waals surface area (Å²) in [5.74, 6) is 0. The first-order valence-corrected chi connectivity index (χ1v) is 21.9. The van der Waals surface area contributed by atoms with E-state index in [1.54, 1.807) is 0 Å². The molecule has 0 fully saturated rings. The van der Waals surface area contributed by atoms with Gasteiger partial charge in [-0.3, -0.25) is 0 Å². The number of hydrogen-bond donors (Lipinski definition) is 0. The predicted molar refractivity (Wildman–Crippen MR) is 228 cm³/mol. The van der Waals surface area contributed by atoms with Crippen LogP contribution in [0, 0.1) is 32.9 Å². The van der Waals surface area contributed by atoms with Crippen molar-refractivity contribution >= 4 is 60.7 Å². The van der Waals surface area contributed by atoms with Gasteiger partial charge in [-0.1, -0.05) is 102 Å². The molecule has 0 heterocycles. The number of aryl methyl sites for hydroxylation is 3. The molecule has 0 aliphatic heterocycles. The number of fused-ring (bicyclic) bond motifs is 7. The Morgan fingerprint density at radius 3 is 1.55 bits per heavy atom. The van der Waals surface area contributed by atoms with E-state index in [9.17, 15) is 0 Å². The summed E-state index contributed by atoms with van der Waals surface area (Å²) < 4.78 is 0. The van der Waals surface area contributed by atoms with Crippen molar-refractivity contribution in [3.63, 3.8) is 0 Å². The Labute approximate surface area is 330 Å². The maximum atomic E-state index is 3.06. The van der Waals surface area contributed by atoms with Crippen LogP contribution >= 0.6 is 0 Å². The van der Waals surface area contributed by atoms with Crippen LogP contribution in [0.4, 0.5) is 0 Å². The van der Waals surface area contributed by atoms with Gasteiger partial charge >= 0.3 is 30.2 Å². The van der Waals surface area contributed by atoms with E-state index in [4.69, 9.17) is 0 Å². The SMILES string of the molecule is Cc1c[cH-]c2cccc(-c3cc4ccccc4c4ccccc34)c12.Cc1ccc2c(c1)[cH-]c1cc(C)ccc12.[Si]=[Zr].[c-]1ccccc1.[c-]1ccccc1. The largest absolute Gasteiger partial charge is 0.184 e. The molecule has 0 aromatic heterocycles. The first-order valence-electron chi connectivity index (χ1n) is 17.8. The molecule has 2 radical (unpaired) electrons. The Hall–Kier alpha value is -5.14. The molecule has 0 saturated heterocycles. The van der Waals surface area contributed by atoms with Crippen LogP contribution in [-0.2, 0) is 23.3 Å². The fourth-order valence-corrected chi connectivity index (χ4v) is 6.89. The minimum absolute atomic E-state index is 1.30. The molecule has 0 nitrogen and oxygen atoms in total. The summed E-state index contributed by atoms with van der Waals surface area (Å²) in [7, 11) is 0. The van der Waals surface area contributed by atoms with Crippen LogP contribution in [0.3, 0.4) is 0 Å². The summed E-state index contributed by atoms with van der Waals surface area (Å²) in [5, 5.41) is 13.4. The molecule has 256 valence electrons. The maximum absolute atomic E-state index is 3.06. The van der Waals surface area contributed by atoms with E-state index in [0.717, 1.165) is 0 Å². The molecule has 0 saturated carbocycles. The van der Waals surface area contributed by atoms with Crippen molar-refractivity contribution < 1.29 is 23.3 Å². The Balaban J connectivity index is 0.000000140. The van der Waals surface area contributed by atoms with E-state index < -0.39 is 0 Å². The first kappa shape index (κ1) is 37.6. The zero-order chi connectivity index (χ0) is 37.0. The molecular weight excluding hydrogens is 732 g/mol. The van der Waals surface area contributed by atoms with Gasteiger partial charge < -0.3 is 0 Å². The molecule has 10 aromatic carbocycles. The Bertz CT molecular complexity index is 2540. The van der Waals surface area contributed by atoms with Crippen LogP contribution in [-0.4, -0.2) is 6.88 Å². The first-order chi connectivity index (χ1) is 26.1. The molecule has 0 bridgehead atoms. The standard InChI is InChI=1S/C24H17.C15H13.2C6H5.Si.Zr/c1-16-13-14-17-8-6-12-22(24(16)17)23-15-18-7-2-3-9-19(18)20-10-4-5-11-21(20)23;1-10-3-5-14-12(7-10)9-13-8-11(2)4-6-15(13)14;2*1-2-4-6-5-3-1;;/h2-15H,1H3;3-9H,1-2H3;2*1-5H;;/q4*-1;;. The van der Waals surface area contributed by atoms with Crippen molar-refractivity contribution in [2.75, 3.05) is 0 Å². The molecule has 0 unspecified atom stereocenters. The topological polar surface area (TPSA) is 0 Å². The van der Waals surface area contributed by atoms with E-state index >= 15 is 0 Å². The molecule has 0 amide bonds. The molecule has 10 aromatic rings. The third-order valence-corrected chi connectivity index (χ3v) is 9.29. The average molecular weight is 772 g/mol. The fraction of sp³-hybridized carbons (Fsp3) is 0.0588. The number of hydrogen-bond acceptors (Lipinski definition) is 0. The Morgan fingerprint density at radius 1 is 0.453 bits per heavy atom. The molecule has 0 aliphatic rings. The fourth-order valence-electron chi connectivity index (χ4n) is 6.89. The third kappa shape index (κ3) is 9.09. The van der Waals surface area contributed by atoms with Gasteiger partial charge in [-0.05, 0) is 47.0 Å². The van der Waals surface area contributed by atoms with E-state index in [1.165, 1.54) is 105 Å². The molecule has 0 aliphatic carbocycles. The van der Waals surface area contributed by atoms with Gasteiger partial charge in [-0.25, -0.2) is 0 Å². The second-order valence-corrected chi connectivity index (χ2v) is 13.0. The van der Waals surface area contributed by atoms with E-state index in [2.05, 4.69) is 167 Å². The van der Waals surface area contributed by atoms with Gasteiger partial charge in [0.1, 0.15) is 0 Å². The van der Waals surface area contributed by atoms with Crippen LogP contribution in [0.15, 0.2) is 188 Å². The van der Waals surface area contributed by atoms with Gasteiger partial charge in [0.05, 0.1) is 0 Å². The molecular formula is C51H40SiZr-4. The second kappa shape index (κ2) is 18.6. The second-order valence-electron chi connectivity index (χ2n) is 13.0. The van der Waals surface area contributed by atoms with Crippen molar-refractivity contribution in [1.29, 1.82) is 0 Å². The minimum atomic E-state index is 1.30. The monoisotopic (exact) mass is 770 g/mol. The van der Waals surface area contributed by atoms with Crippen molar-refractivity contribution in [1.82, 2.24) is 0 Å². The molecule has 0 atom stereocenters. The number of benzene rings is 8. The van der Waals surface area contributed by atoms with Crippen LogP contribution in [0.25, 0.3) is 65.0 Å². The van der Waals surface area contributed by atoms with Crippen LogP contribution in [0.1, 0.15) is 16.7 Å². The smallest absolute Gasteiger partial charge is 0.171 e. The zero-order valence-electron chi connectivity index (χ0n) is 30.4. The quantitative estimate of drug-likeness (QED) is 0.0886. The van der Waals surface area contributed by atoms with Gasteiger partial charge in [-0.15, -0.1) is 68.7 Å². The molecule has 2 heteroatoms. The summed E-state index contributed by atoms with van der Waals surface area (Å²) in [6, 6.07) is 71.4.